The Bertz CT molecular complexity index is 312. The molecular formula is C16H29NO2. The largest absolute Gasteiger partial charge is 0.466 e. The van der Waals surface area contributed by atoms with E-state index < -0.39 is 0 Å². The normalized spacial score (nSPS) is 36.4. The first-order valence-electron chi connectivity index (χ1n) is 7.99. The summed E-state index contributed by atoms with van der Waals surface area (Å²) in [6.07, 6.45) is 6.82. The fourth-order valence-electron chi connectivity index (χ4n) is 4.15. The number of likely N-dealkylation sites (tertiary alicyclic amines) is 1. The van der Waals surface area contributed by atoms with Crippen molar-refractivity contribution in [1.82, 2.24) is 4.90 Å². The zero-order valence-corrected chi connectivity index (χ0v) is 12.8. The molecule has 0 spiro atoms. The predicted molar refractivity (Wildman–Crippen MR) is 77.0 cm³/mol. The minimum absolute atomic E-state index is 0.00389. The maximum atomic E-state index is 12.1. The van der Waals surface area contributed by atoms with Crippen LogP contribution < -0.4 is 0 Å². The van der Waals surface area contributed by atoms with Gasteiger partial charge in [0.15, 0.2) is 0 Å². The van der Waals surface area contributed by atoms with Crippen LogP contribution in [0.25, 0.3) is 0 Å². The predicted octanol–water partition coefficient (Wildman–Crippen LogP) is 3.23. The second-order valence-electron chi connectivity index (χ2n) is 6.56. The standard InChI is InChI=1S/C16H29NO2/c1-4-19-15(18)12-16(17-9-5-6-10-17)8-7-13(2)11-14(16)3/h13-14H,4-12H2,1-3H3. The summed E-state index contributed by atoms with van der Waals surface area (Å²) in [5, 5.41) is 0. The first kappa shape index (κ1) is 14.8. The summed E-state index contributed by atoms with van der Waals surface area (Å²) in [7, 11) is 0. The van der Waals surface area contributed by atoms with Crippen LogP contribution in [0.1, 0.15) is 59.3 Å². The molecule has 0 aromatic heterocycles. The van der Waals surface area contributed by atoms with Gasteiger partial charge in [0.05, 0.1) is 13.0 Å². The van der Waals surface area contributed by atoms with Gasteiger partial charge in [-0.25, -0.2) is 0 Å². The maximum absolute atomic E-state index is 12.1. The summed E-state index contributed by atoms with van der Waals surface area (Å²) >= 11 is 0. The molecule has 0 radical (unpaired) electrons. The van der Waals surface area contributed by atoms with Gasteiger partial charge in [-0.1, -0.05) is 13.8 Å². The highest BCUT2D eigenvalue weighted by atomic mass is 16.5. The van der Waals surface area contributed by atoms with Gasteiger partial charge >= 0.3 is 5.97 Å². The SMILES string of the molecule is CCOC(=O)CC1(N2CCCC2)CCC(C)CC1C. The number of rotatable bonds is 4. The van der Waals surface area contributed by atoms with Crippen molar-refractivity contribution >= 4 is 5.97 Å². The quantitative estimate of drug-likeness (QED) is 0.732. The summed E-state index contributed by atoms with van der Waals surface area (Å²) in [6.45, 7) is 9.41. The Balaban J connectivity index is 2.14. The highest BCUT2D eigenvalue weighted by molar-refractivity contribution is 5.71. The van der Waals surface area contributed by atoms with E-state index in [0.717, 1.165) is 25.4 Å². The van der Waals surface area contributed by atoms with Crippen molar-refractivity contribution < 1.29 is 9.53 Å². The van der Waals surface area contributed by atoms with Crippen LogP contribution in [0.4, 0.5) is 0 Å². The van der Waals surface area contributed by atoms with Crippen molar-refractivity contribution in [2.45, 2.75) is 64.8 Å². The van der Waals surface area contributed by atoms with Crippen molar-refractivity contribution in [3.8, 4) is 0 Å². The molecule has 3 nitrogen and oxygen atoms in total. The van der Waals surface area contributed by atoms with Gasteiger partial charge in [0.1, 0.15) is 0 Å². The van der Waals surface area contributed by atoms with Gasteiger partial charge in [-0.2, -0.15) is 0 Å². The number of nitrogens with zero attached hydrogens (tertiary/aromatic N) is 1. The van der Waals surface area contributed by atoms with Gasteiger partial charge in [0.25, 0.3) is 0 Å². The fourth-order valence-corrected chi connectivity index (χ4v) is 4.15. The van der Waals surface area contributed by atoms with Crippen LogP contribution >= 0.6 is 0 Å². The molecular weight excluding hydrogens is 238 g/mol. The monoisotopic (exact) mass is 267 g/mol. The van der Waals surface area contributed by atoms with Crippen LogP contribution in [0.15, 0.2) is 0 Å². The Morgan fingerprint density at radius 3 is 2.58 bits per heavy atom. The van der Waals surface area contributed by atoms with Gasteiger partial charge in [-0.3, -0.25) is 9.69 Å². The van der Waals surface area contributed by atoms with Crippen molar-refractivity contribution in [2.75, 3.05) is 19.7 Å². The van der Waals surface area contributed by atoms with Crippen LogP contribution in [-0.4, -0.2) is 36.1 Å². The van der Waals surface area contributed by atoms with E-state index in [1.54, 1.807) is 0 Å². The lowest BCUT2D eigenvalue weighted by Crippen LogP contribution is -2.55. The molecule has 0 bridgehead atoms. The molecule has 0 N–H and O–H groups in total. The molecule has 0 aromatic carbocycles. The fraction of sp³-hybridized carbons (Fsp3) is 0.938. The van der Waals surface area contributed by atoms with Crippen molar-refractivity contribution in [3.63, 3.8) is 0 Å². The summed E-state index contributed by atoms with van der Waals surface area (Å²) < 4.78 is 5.24. The third-order valence-electron chi connectivity index (χ3n) is 5.23. The molecule has 1 aliphatic carbocycles. The zero-order valence-electron chi connectivity index (χ0n) is 12.8. The first-order chi connectivity index (χ1) is 9.08. The lowest BCUT2D eigenvalue weighted by atomic mass is 9.67. The molecule has 0 amide bonds. The van der Waals surface area contributed by atoms with Gasteiger partial charge in [-0.05, 0) is 64.0 Å². The number of carbonyl (C=O) groups is 1. The minimum atomic E-state index is -0.00389. The molecule has 3 heteroatoms. The van der Waals surface area contributed by atoms with Gasteiger partial charge in [-0.15, -0.1) is 0 Å². The van der Waals surface area contributed by atoms with E-state index in [-0.39, 0.29) is 11.5 Å². The summed E-state index contributed by atoms with van der Waals surface area (Å²) in [5.74, 6) is 1.39. The van der Waals surface area contributed by atoms with Gasteiger partial charge in [0, 0.05) is 5.54 Å². The van der Waals surface area contributed by atoms with Gasteiger partial charge < -0.3 is 4.74 Å². The molecule has 1 saturated carbocycles. The molecule has 2 aliphatic rings. The second kappa shape index (κ2) is 6.25. The van der Waals surface area contributed by atoms with E-state index in [1.807, 2.05) is 6.92 Å². The van der Waals surface area contributed by atoms with Crippen LogP contribution in [-0.2, 0) is 9.53 Å². The maximum Gasteiger partial charge on any atom is 0.307 e. The first-order valence-corrected chi connectivity index (χ1v) is 7.99. The van der Waals surface area contributed by atoms with Crippen LogP contribution in [0.3, 0.4) is 0 Å². The molecule has 2 fully saturated rings. The Morgan fingerprint density at radius 1 is 1.32 bits per heavy atom. The summed E-state index contributed by atoms with van der Waals surface area (Å²) in [6, 6.07) is 0. The number of hydrogen-bond acceptors (Lipinski definition) is 3. The molecule has 3 atom stereocenters. The molecule has 3 unspecified atom stereocenters. The third-order valence-corrected chi connectivity index (χ3v) is 5.23. The van der Waals surface area contributed by atoms with Crippen LogP contribution in [0.5, 0.6) is 0 Å². The average molecular weight is 267 g/mol. The van der Waals surface area contributed by atoms with E-state index in [1.165, 1.54) is 25.7 Å². The third kappa shape index (κ3) is 3.13. The number of esters is 1. The van der Waals surface area contributed by atoms with Crippen LogP contribution in [0.2, 0.25) is 0 Å². The van der Waals surface area contributed by atoms with E-state index in [0.29, 0.717) is 18.9 Å². The lowest BCUT2D eigenvalue weighted by Gasteiger charge is -2.50. The topological polar surface area (TPSA) is 29.5 Å². The van der Waals surface area contributed by atoms with Crippen molar-refractivity contribution in [1.29, 1.82) is 0 Å². The highest BCUT2D eigenvalue weighted by Crippen LogP contribution is 2.44. The molecule has 1 heterocycles. The van der Waals surface area contributed by atoms with Gasteiger partial charge in [0.2, 0.25) is 0 Å². The molecule has 0 aromatic rings. The Hall–Kier alpha value is -0.570. The zero-order chi connectivity index (χ0) is 13.9. The lowest BCUT2D eigenvalue weighted by molar-refractivity contribution is -0.149. The minimum Gasteiger partial charge on any atom is -0.466 e. The molecule has 19 heavy (non-hydrogen) atoms. The smallest absolute Gasteiger partial charge is 0.307 e. The Morgan fingerprint density at radius 2 is 2.00 bits per heavy atom. The molecule has 1 aliphatic heterocycles. The Labute approximate surface area is 117 Å². The van der Waals surface area contributed by atoms with Crippen molar-refractivity contribution in [2.24, 2.45) is 11.8 Å². The number of carbonyl (C=O) groups excluding carboxylic acids is 1. The van der Waals surface area contributed by atoms with Crippen LogP contribution in [0, 0.1) is 11.8 Å². The Kier molecular flexibility index (Phi) is 4.88. The molecule has 2 rings (SSSR count). The van der Waals surface area contributed by atoms with E-state index in [4.69, 9.17) is 4.74 Å². The number of hydrogen-bond donors (Lipinski definition) is 0. The van der Waals surface area contributed by atoms with Crippen molar-refractivity contribution in [3.05, 3.63) is 0 Å². The highest BCUT2D eigenvalue weighted by Gasteiger charge is 2.46. The van der Waals surface area contributed by atoms with E-state index in [2.05, 4.69) is 18.7 Å². The summed E-state index contributed by atoms with van der Waals surface area (Å²) in [4.78, 5) is 14.6. The second-order valence-corrected chi connectivity index (χ2v) is 6.56. The van der Waals surface area contributed by atoms with E-state index in [9.17, 15) is 4.79 Å². The summed E-state index contributed by atoms with van der Waals surface area (Å²) in [5.41, 5.74) is 0.0786. The molecule has 1 saturated heterocycles. The molecule has 110 valence electrons. The van der Waals surface area contributed by atoms with E-state index >= 15 is 0 Å². The number of ether oxygens (including phenoxy) is 1. The average Bonchev–Trinajstić information content (AvgIpc) is 2.87.